The molecule has 0 aromatic heterocycles. The lowest BCUT2D eigenvalue weighted by atomic mass is 9.82. The minimum absolute atomic E-state index is 0.00969. The van der Waals surface area contributed by atoms with Crippen LogP contribution in [-0.4, -0.2) is 28.1 Å². The Bertz CT molecular complexity index is 971. The first-order valence-corrected chi connectivity index (χ1v) is 9.45. The van der Waals surface area contributed by atoms with E-state index in [2.05, 4.69) is 5.32 Å². The number of hydrogen-bond donors (Lipinski definition) is 2. The number of rotatable bonds is 9. The third-order valence-electron chi connectivity index (χ3n) is 4.82. The van der Waals surface area contributed by atoms with Crippen LogP contribution in [-0.2, 0) is 20.9 Å². The SMILES string of the molecule is CCC(CC)(C(=O)O)C(=O)Oc1ccc(NC(=O)OCc2ccccc2)cc1[N+](=O)[O-]. The Morgan fingerprint density at radius 3 is 2.29 bits per heavy atom. The van der Waals surface area contributed by atoms with Gasteiger partial charge in [0.15, 0.2) is 5.41 Å². The van der Waals surface area contributed by atoms with E-state index in [1.54, 1.807) is 24.3 Å². The molecular formula is C21H22N2O8. The molecule has 0 heterocycles. The number of esters is 1. The molecule has 0 aliphatic heterocycles. The van der Waals surface area contributed by atoms with Crippen molar-refractivity contribution >= 4 is 29.4 Å². The number of carbonyl (C=O) groups excluding carboxylic acids is 2. The van der Waals surface area contributed by atoms with Gasteiger partial charge in [-0.2, -0.15) is 0 Å². The van der Waals surface area contributed by atoms with E-state index in [0.717, 1.165) is 17.7 Å². The summed E-state index contributed by atoms with van der Waals surface area (Å²) in [6.07, 6.45) is -0.916. The van der Waals surface area contributed by atoms with Crippen LogP contribution in [0.1, 0.15) is 32.3 Å². The molecule has 2 N–H and O–H groups in total. The third kappa shape index (κ3) is 5.56. The van der Waals surface area contributed by atoms with Gasteiger partial charge in [0.2, 0.25) is 5.75 Å². The van der Waals surface area contributed by atoms with Crippen LogP contribution in [0, 0.1) is 15.5 Å². The van der Waals surface area contributed by atoms with Crippen LogP contribution in [0.15, 0.2) is 48.5 Å². The molecule has 0 saturated heterocycles. The molecule has 31 heavy (non-hydrogen) atoms. The fraction of sp³-hybridized carbons (Fsp3) is 0.286. The number of benzene rings is 2. The normalized spacial score (nSPS) is 10.8. The second kappa shape index (κ2) is 10.2. The predicted molar refractivity (Wildman–Crippen MR) is 110 cm³/mol. The van der Waals surface area contributed by atoms with E-state index in [4.69, 9.17) is 9.47 Å². The molecule has 1 amide bonds. The summed E-state index contributed by atoms with van der Waals surface area (Å²) in [5.41, 5.74) is -1.62. The number of nitro groups is 1. The van der Waals surface area contributed by atoms with Gasteiger partial charge in [-0.25, -0.2) is 4.79 Å². The van der Waals surface area contributed by atoms with Crippen molar-refractivity contribution in [3.63, 3.8) is 0 Å². The highest BCUT2D eigenvalue weighted by Crippen LogP contribution is 2.34. The summed E-state index contributed by atoms with van der Waals surface area (Å²) in [5.74, 6) is -2.90. The Hall–Kier alpha value is -3.95. The van der Waals surface area contributed by atoms with Gasteiger partial charge in [-0.1, -0.05) is 44.2 Å². The average Bonchev–Trinajstić information content (AvgIpc) is 2.75. The molecule has 0 fully saturated rings. The number of amides is 1. The zero-order valence-corrected chi connectivity index (χ0v) is 17.0. The number of nitrogens with zero attached hydrogens (tertiary/aromatic N) is 1. The Kier molecular flexibility index (Phi) is 7.67. The maximum atomic E-state index is 12.5. The largest absolute Gasteiger partial charge is 0.480 e. The highest BCUT2D eigenvalue weighted by atomic mass is 16.6. The van der Waals surface area contributed by atoms with Gasteiger partial charge in [-0.05, 0) is 30.5 Å². The maximum Gasteiger partial charge on any atom is 0.411 e. The van der Waals surface area contributed by atoms with Crippen LogP contribution < -0.4 is 10.1 Å². The van der Waals surface area contributed by atoms with Gasteiger partial charge in [0.05, 0.1) is 10.6 Å². The molecular weight excluding hydrogens is 408 g/mol. The van der Waals surface area contributed by atoms with Crippen LogP contribution in [0.2, 0.25) is 0 Å². The zero-order chi connectivity index (χ0) is 23.0. The number of aliphatic carboxylic acids is 1. The molecule has 10 heteroatoms. The summed E-state index contributed by atoms with van der Waals surface area (Å²) in [6, 6.07) is 12.3. The van der Waals surface area contributed by atoms with Crippen LogP contribution in [0.4, 0.5) is 16.2 Å². The Labute approximate surface area is 177 Å². The van der Waals surface area contributed by atoms with Gasteiger partial charge < -0.3 is 14.6 Å². The van der Waals surface area contributed by atoms with Crippen LogP contribution in [0.5, 0.6) is 5.75 Å². The fourth-order valence-electron chi connectivity index (χ4n) is 2.83. The number of nitro benzene ring substituents is 1. The summed E-state index contributed by atoms with van der Waals surface area (Å²) in [5, 5.41) is 23.2. The Morgan fingerprint density at radius 1 is 1.10 bits per heavy atom. The summed E-state index contributed by atoms with van der Waals surface area (Å²) in [7, 11) is 0. The first-order chi connectivity index (χ1) is 14.7. The molecule has 0 bridgehead atoms. The minimum Gasteiger partial charge on any atom is -0.480 e. The number of carboxylic acid groups (broad SMARTS) is 1. The number of hydrogen-bond acceptors (Lipinski definition) is 7. The van der Waals surface area contributed by atoms with E-state index in [1.165, 1.54) is 19.9 Å². The molecule has 164 valence electrons. The first-order valence-electron chi connectivity index (χ1n) is 9.45. The molecule has 0 radical (unpaired) electrons. The number of carboxylic acids is 1. The van der Waals surface area contributed by atoms with Crippen molar-refractivity contribution in [1.29, 1.82) is 0 Å². The first kappa shape index (κ1) is 23.3. The molecule has 2 rings (SSSR count). The molecule has 0 unspecified atom stereocenters. The molecule has 0 spiro atoms. The molecule has 2 aromatic carbocycles. The standard InChI is InChI=1S/C21H22N2O8/c1-3-21(4-2,18(24)25)19(26)31-17-11-10-15(12-16(17)23(28)29)22-20(27)30-13-14-8-6-5-7-9-14/h5-12H,3-4,13H2,1-2H3,(H,22,27)(H,24,25). The van der Waals surface area contributed by atoms with Gasteiger partial charge in [0.25, 0.3) is 0 Å². The maximum absolute atomic E-state index is 12.5. The molecule has 0 saturated carbocycles. The topological polar surface area (TPSA) is 145 Å². The molecule has 2 aromatic rings. The van der Waals surface area contributed by atoms with E-state index in [1.807, 2.05) is 6.07 Å². The molecule has 0 aliphatic rings. The number of nitrogens with one attached hydrogen (secondary N) is 1. The molecule has 0 aliphatic carbocycles. The number of carbonyl (C=O) groups is 3. The fourth-order valence-corrected chi connectivity index (χ4v) is 2.83. The van der Waals surface area contributed by atoms with E-state index in [9.17, 15) is 29.6 Å². The van der Waals surface area contributed by atoms with Gasteiger partial charge in [-0.15, -0.1) is 0 Å². The zero-order valence-electron chi connectivity index (χ0n) is 17.0. The summed E-state index contributed by atoms with van der Waals surface area (Å²) in [6.45, 7) is 3.04. The Balaban J connectivity index is 2.15. The number of anilines is 1. The van der Waals surface area contributed by atoms with Gasteiger partial charge in [-0.3, -0.25) is 25.0 Å². The second-order valence-corrected chi connectivity index (χ2v) is 6.61. The molecule has 0 atom stereocenters. The smallest absolute Gasteiger partial charge is 0.411 e. The van der Waals surface area contributed by atoms with Crippen molar-refractivity contribution in [3.8, 4) is 5.75 Å². The van der Waals surface area contributed by atoms with Crippen molar-refractivity contribution in [2.75, 3.05) is 5.32 Å². The highest BCUT2D eigenvalue weighted by Gasteiger charge is 2.45. The van der Waals surface area contributed by atoms with E-state index < -0.39 is 39.8 Å². The lowest BCUT2D eigenvalue weighted by molar-refractivity contribution is -0.385. The number of ether oxygens (including phenoxy) is 2. The summed E-state index contributed by atoms with van der Waals surface area (Å²) < 4.78 is 10.1. The van der Waals surface area contributed by atoms with Crippen LogP contribution >= 0.6 is 0 Å². The van der Waals surface area contributed by atoms with Crippen LogP contribution in [0.3, 0.4) is 0 Å². The minimum atomic E-state index is -1.81. The van der Waals surface area contributed by atoms with Gasteiger partial charge in [0, 0.05) is 6.07 Å². The van der Waals surface area contributed by atoms with Crippen molar-refractivity contribution in [1.82, 2.24) is 0 Å². The summed E-state index contributed by atoms with van der Waals surface area (Å²) in [4.78, 5) is 46.6. The van der Waals surface area contributed by atoms with E-state index >= 15 is 0 Å². The van der Waals surface area contributed by atoms with E-state index in [0.29, 0.717) is 0 Å². The van der Waals surface area contributed by atoms with Crippen molar-refractivity contribution < 1.29 is 33.9 Å². The van der Waals surface area contributed by atoms with E-state index in [-0.39, 0.29) is 25.1 Å². The second-order valence-electron chi connectivity index (χ2n) is 6.61. The lowest BCUT2D eigenvalue weighted by Gasteiger charge is -2.23. The average molecular weight is 430 g/mol. The predicted octanol–water partition coefficient (Wildman–Crippen LogP) is 4.14. The highest BCUT2D eigenvalue weighted by molar-refractivity contribution is 6.00. The van der Waals surface area contributed by atoms with Gasteiger partial charge in [0.1, 0.15) is 6.61 Å². The monoisotopic (exact) mass is 430 g/mol. The van der Waals surface area contributed by atoms with Crippen molar-refractivity contribution in [3.05, 3.63) is 64.2 Å². The Morgan fingerprint density at radius 2 is 1.74 bits per heavy atom. The van der Waals surface area contributed by atoms with Crippen molar-refractivity contribution in [2.45, 2.75) is 33.3 Å². The molecule has 10 nitrogen and oxygen atoms in total. The van der Waals surface area contributed by atoms with Crippen molar-refractivity contribution in [2.24, 2.45) is 5.41 Å². The quantitative estimate of drug-likeness (QED) is 0.198. The lowest BCUT2D eigenvalue weighted by Crippen LogP contribution is -2.41. The summed E-state index contributed by atoms with van der Waals surface area (Å²) >= 11 is 0. The van der Waals surface area contributed by atoms with Crippen LogP contribution in [0.25, 0.3) is 0 Å². The third-order valence-corrected chi connectivity index (χ3v) is 4.82. The van der Waals surface area contributed by atoms with Gasteiger partial charge >= 0.3 is 23.7 Å².